The molecule has 25 heavy (non-hydrogen) atoms. The van der Waals surface area contributed by atoms with Crippen LogP contribution >= 0.6 is 0 Å². The lowest BCUT2D eigenvalue weighted by Crippen LogP contribution is -2.25. The van der Waals surface area contributed by atoms with E-state index in [1.165, 1.54) is 5.39 Å². The molecule has 0 N–H and O–H groups in total. The van der Waals surface area contributed by atoms with Crippen molar-refractivity contribution in [3.8, 4) is 17.2 Å². The van der Waals surface area contributed by atoms with Gasteiger partial charge in [0.05, 0.1) is 6.61 Å². The van der Waals surface area contributed by atoms with Crippen LogP contribution in [-0.4, -0.2) is 18.7 Å². The van der Waals surface area contributed by atoms with Crippen molar-refractivity contribution < 1.29 is 19.0 Å². The molecule has 0 saturated carbocycles. The fourth-order valence-corrected chi connectivity index (χ4v) is 2.47. The molecule has 3 aromatic rings. The van der Waals surface area contributed by atoms with Gasteiger partial charge < -0.3 is 14.2 Å². The van der Waals surface area contributed by atoms with Crippen LogP contribution in [0.15, 0.2) is 66.7 Å². The Balaban J connectivity index is 1.66. The highest BCUT2D eigenvalue weighted by molar-refractivity contribution is 5.83. The van der Waals surface area contributed by atoms with Gasteiger partial charge in [-0.05, 0) is 61.0 Å². The predicted molar refractivity (Wildman–Crippen MR) is 97.2 cm³/mol. The Hall–Kier alpha value is -3.01. The minimum atomic E-state index is -0.646. The van der Waals surface area contributed by atoms with E-state index in [4.69, 9.17) is 14.2 Å². The van der Waals surface area contributed by atoms with Crippen LogP contribution < -0.4 is 9.47 Å². The van der Waals surface area contributed by atoms with Crippen LogP contribution in [0.2, 0.25) is 0 Å². The highest BCUT2D eigenvalue weighted by Gasteiger charge is 2.15. The van der Waals surface area contributed by atoms with Crippen molar-refractivity contribution in [2.24, 2.45) is 0 Å². The smallest absolute Gasteiger partial charge is 0.347 e. The maximum Gasteiger partial charge on any atom is 0.347 e. The van der Waals surface area contributed by atoms with Crippen molar-refractivity contribution in [1.29, 1.82) is 0 Å². The molecule has 0 unspecified atom stereocenters. The van der Waals surface area contributed by atoms with Gasteiger partial charge in [0.25, 0.3) is 0 Å². The Labute approximate surface area is 146 Å². The number of benzene rings is 3. The molecule has 0 heterocycles. The van der Waals surface area contributed by atoms with E-state index in [9.17, 15) is 4.79 Å². The van der Waals surface area contributed by atoms with Crippen molar-refractivity contribution >= 4 is 16.7 Å². The van der Waals surface area contributed by atoms with Gasteiger partial charge in [-0.25, -0.2) is 4.79 Å². The minimum Gasteiger partial charge on any atom is -0.479 e. The molecule has 4 heteroatoms. The Morgan fingerprint density at radius 1 is 0.880 bits per heavy atom. The zero-order valence-electron chi connectivity index (χ0n) is 14.3. The first-order valence-electron chi connectivity index (χ1n) is 8.25. The van der Waals surface area contributed by atoms with E-state index in [0.717, 1.165) is 11.1 Å². The minimum absolute atomic E-state index is 0.338. The second kappa shape index (κ2) is 7.71. The number of carbonyl (C=O) groups excluding carboxylic acids is 1. The topological polar surface area (TPSA) is 44.8 Å². The summed E-state index contributed by atoms with van der Waals surface area (Å²) in [5.74, 6) is 1.68. The molecule has 0 aliphatic heterocycles. The highest BCUT2D eigenvalue weighted by Crippen LogP contribution is 2.27. The van der Waals surface area contributed by atoms with Crippen molar-refractivity contribution in [3.05, 3.63) is 66.7 Å². The summed E-state index contributed by atoms with van der Waals surface area (Å²) in [4.78, 5) is 11.6. The molecular formula is C21H20O4. The molecule has 3 aromatic carbocycles. The monoisotopic (exact) mass is 336 g/mol. The van der Waals surface area contributed by atoms with Crippen molar-refractivity contribution in [3.63, 3.8) is 0 Å². The van der Waals surface area contributed by atoms with Gasteiger partial charge in [0.1, 0.15) is 17.2 Å². The number of hydrogen-bond acceptors (Lipinski definition) is 4. The lowest BCUT2D eigenvalue weighted by atomic mass is 10.1. The average molecular weight is 336 g/mol. The lowest BCUT2D eigenvalue weighted by Gasteiger charge is -2.13. The standard InChI is InChI=1S/C21H20O4/c1-3-23-21(22)15(2)24-18-10-12-19(13-11-18)25-20-9-8-16-6-4-5-7-17(16)14-20/h4-15H,3H2,1-2H3/t15-/m1/s1. The number of rotatable bonds is 6. The summed E-state index contributed by atoms with van der Waals surface area (Å²) >= 11 is 0. The Bertz CT molecular complexity index is 855. The summed E-state index contributed by atoms with van der Waals surface area (Å²) in [6.45, 7) is 3.77. The van der Waals surface area contributed by atoms with Crippen LogP contribution in [-0.2, 0) is 9.53 Å². The van der Waals surface area contributed by atoms with Gasteiger partial charge in [0.2, 0.25) is 0 Å². The van der Waals surface area contributed by atoms with Crippen LogP contribution in [0.5, 0.6) is 17.2 Å². The van der Waals surface area contributed by atoms with Gasteiger partial charge in [-0.1, -0.05) is 30.3 Å². The summed E-state index contributed by atoms with van der Waals surface area (Å²) in [7, 11) is 0. The molecule has 0 aliphatic rings. The van der Waals surface area contributed by atoms with Crippen LogP contribution in [0.4, 0.5) is 0 Å². The molecule has 0 saturated heterocycles. The second-order valence-corrected chi connectivity index (χ2v) is 5.59. The molecule has 4 nitrogen and oxygen atoms in total. The fraction of sp³-hybridized carbons (Fsp3) is 0.190. The van der Waals surface area contributed by atoms with Crippen molar-refractivity contribution in [2.45, 2.75) is 20.0 Å². The fourth-order valence-electron chi connectivity index (χ4n) is 2.47. The SMILES string of the molecule is CCOC(=O)[C@@H](C)Oc1ccc(Oc2ccc3ccccc3c2)cc1. The van der Waals surface area contributed by atoms with Gasteiger partial charge in [-0.2, -0.15) is 0 Å². The van der Waals surface area contributed by atoms with Crippen LogP contribution in [0.1, 0.15) is 13.8 Å². The number of ether oxygens (including phenoxy) is 3. The van der Waals surface area contributed by atoms with Gasteiger partial charge in [-0.15, -0.1) is 0 Å². The molecule has 128 valence electrons. The van der Waals surface area contributed by atoms with E-state index in [2.05, 4.69) is 12.1 Å². The molecule has 0 fully saturated rings. The van der Waals surface area contributed by atoms with Gasteiger partial charge >= 0.3 is 5.97 Å². The van der Waals surface area contributed by atoms with Crippen LogP contribution in [0.3, 0.4) is 0 Å². The third kappa shape index (κ3) is 4.29. The van der Waals surface area contributed by atoms with E-state index >= 15 is 0 Å². The van der Waals surface area contributed by atoms with Gasteiger partial charge in [0.15, 0.2) is 6.10 Å². The molecule has 0 aromatic heterocycles. The summed E-state index contributed by atoms with van der Waals surface area (Å²) in [5, 5.41) is 2.30. The quantitative estimate of drug-likeness (QED) is 0.597. The zero-order chi connectivity index (χ0) is 17.6. The summed E-state index contributed by atoms with van der Waals surface area (Å²) in [6.07, 6.45) is -0.646. The maximum absolute atomic E-state index is 11.6. The Morgan fingerprint density at radius 2 is 1.52 bits per heavy atom. The number of fused-ring (bicyclic) bond motifs is 1. The number of esters is 1. The van der Waals surface area contributed by atoms with E-state index in [0.29, 0.717) is 18.1 Å². The van der Waals surface area contributed by atoms with Gasteiger partial charge in [-0.3, -0.25) is 0 Å². The van der Waals surface area contributed by atoms with Crippen LogP contribution in [0.25, 0.3) is 10.8 Å². The second-order valence-electron chi connectivity index (χ2n) is 5.59. The molecule has 3 rings (SSSR count). The largest absolute Gasteiger partial charge is 0.479 e. The molecule has 0 radical (unpaired) electrons. The summed E-state index contributed by atoms with van der Waals surface area (Å²) < 4.78 is 16.4. The summed E-state index contributed by atoms with van der Waals surface area (Å²) in [6, 6.07) is 21.3. The van der Waals surface area contributed by atoms with Crippen molar-refractivity contribution in [2.75, 3.05) is 6.61 Å². The Kier molecular flexibility index (Phi) is 5.19. The zero-order valence-corrected chi connectivity index (χ0v) is 14.3. The molecule has 0 amide bonds. The Morgan fingerprint density at radius 3 is 2.24 bits per heavy atom. The van der Waals surface area contributed by atoms with Crippen LogP contribution in [0, 0.1) is 0 Å². The maximum atomic E-state index is 11.6. The predicted octanol–water partition coefficient (Wildman–Crippen LogP) is 4.96. The van der Waals surface area contributed by atoms with E-state index in [1.54, 1.807) is 26.0 Å². The molecule has 0 spiro atoms. The third-order valence-corrected chi connectivity index (χ3v) is 3.71. The van der Waals surface area contributed by atoms with Crippen molar-refractivity contribution in [1.82, 2.24) is 0 Å². The molecule has 0 aliphatic carbocycles. The van der Waals surface area contributed by atoms with E-state index in [-0.39, 0.29) is 5.97 Å². The molecule has 0 bridgehead atoms. The molecule has 1 atom stereocenters. The average Bonchev–Trinajstić information content (AvgIpc) is 2.63. The highest BCUT2D eigenvalue weighted by atomic mass is 16.6. The first-order chi connectivity index (χ1) is 12.2. The first-order valence-corrected chi connectivity index (χ1v) is 8.25. The van der Waals surface area contributed by atoms with E-state index in [1.807, 2.05) is 42.5 Å². The first kappa shape index (κ1) is 16.8. The summed E-state index contributed by atoms with van der Waals surface area (Å²) in [5.41, 5.74) is 0. The normalized spacial score (nSPS) is 11.8. The van der Waals surface area contributed by atoms with Gasteiger partial charge in [0, 0.05) is 0 Å². The lowest BCUT2D eigenvalue weighted by molar-refractivity contribution is -0.150. The van der Waals surface area contributed by atoms with E-state index < -0.39 is 6.10 Å². The number of hydrogen-bond donors (Lipinski definition) is 0. The third-order valence-electron chi connectivity index (χ3n) is 3.71. The molecular weight excluding hydrogens is 316 g/mol. The number of carbonyl (C=O) groups is 1.